The summed E-state index contributed by atoms with van der Waals surface area (Å²) in [5.41, 5.74) is 13.7. The first-order valence-electron chi connectivity index (χ1n) is 22.3. The number of pyridine rings is 1. The highest BCUT2D eigenvalue weighted by Gasteiger charge is 2.33. The van der Waals surface area contributed by atoms with Crippen molar-refractivity contribution in [1.82, 2.24) is 14.1 Å². The minimum atomic E-state index is 0.393. The van der Waals surface area contributed by atoms with Gasteiger partial charge in [0.15, 0.2) is 0 Å². The van der Waals surface area contributed by atoms with E-state index in [1.54, 1.807) is 0 Å². The molecule has 14 rings (SSSR count). The standard InChI is InChI=1S/C61H33N5O/c1-63-59-52(36-17-4-2-5-18-36)45(35-62)60(65-46-28-12-10-23-43(46)54-40(26-15-29-47(54)65)41-27-16-32-51-55(41)44-24-11-13-31-50(44)67-51)53(37-19-6-3-7-20-37)61(59)66-48-30-14-25-39-38-21-8-9-22-42(38)58-57(56(39)48)49(66)33-34-64-58/h2-34H. The van der Waals surface area contributed by atoms with Crippen LogP contribution in [0.15, 0.2) is 205 Å². The van der Waals surface area contributed by atoms with Gasteiger partial charge in [-0.05, 0) is 69.4 Å². The summed E-state index contributed by atoms with van der Waals surface area (Å²) in [6.45, 7) is 9.24. The number of hydrogen-bond acceptors (Lipinski definition) is 3. The number of benzene rings is 10. The van der Waals surface area contributed by atoms with Crippen molar-refractivity contribution in [3.05, 3.63) is 217 Å². The van der Waals surface area contributed by atoms with Gasteiger partial charge in [0, 0.05) is 55.0 Å². The summed E-state index contributed by atoms with van der Waals surface area (Å²) in [6, 6.07) is 69.5. The van der Waals surface area contributed by atoms with Crippen LogP contribution < -0.4 is 0 Å². The fourth-order valence-electron chi connectivity index (χ4n) is 11.2. The third kappa shape index (κ3) is 4.99. The van der Waals surface area contributed by atoms with Crippen LogP contribution in [0.2, 0.25) is 0 Å². The zero-order valence-corrected chi connectivity index (χ0v) is 35.7. The van der Waals surface area contributed by atoms with E-state index < -0.39 is 0 Å². The predicted molar refractivity (Wildman–Crippen MR) is 274 cm³/mol. The predicted octanol–water partition coefficient (Wildman–Crippen LogP) is 16.3. The zero-order chi connectivity index (χ0) is 44.3. The number of rotatable bonds is 5. The van der Waals surface area contributed by atoms with Gasteiger partial charge in [0.2, 0.25) is 5.69 Å². The number of furan rings is 1. The van der Waals surface area contributed by atoms with Gasteiger partial charge in [-0.1, -0.05) is 158 Å². The summed E-state index contributed by atoms with van der Waals surface area (Å²) >= 11 is 0. The third-order valence-corrected chi connectivity index (χ3v) is 13.8. The molecule has 4 aromatic heterocycles. The Balaban J connectivity index is 1.22. The lowest BCUT2D eigenvalue weighted by molar-refractivity contribution is 0.669. The number of nitriles is 1. The number of para-hydroxylation sites is 2. The van der Waals surface area contributed by atoms with Crippen molar-refractivity contribution in [3.63, 3.8) is 0 Å². The maximum absolute atomic E-state index is 11.9. The van der Waals surface area contributed by atoms with Crippen LogP contribution in [0.4, 0.5) is 5.69 Å². The summed E-state index contributed by atoms with van der Waals surface area (Å²) in [5.74, 6) is 0. The molecule has 0 saturated heterocycles. The van der Waals surface area contributed by atoms with Gasteiger partial charge in [0.1, 0.15) is 17.2 Å². The maximum atomic E-state index is 11.9. The second-order valence-electron chi connectivity index (χ2n) is 17.1. The van der Waals surface area contributed by atoms with Gasteiger partial charge < -0.3 is 13.6 Å². The van der Waals surface area contributed by atoms with Crippen LogP contribution in [0, 0.1) is 17.9 Å². The Morgan fingerprint density at radius 3 is 1.76 bits per heavy atom. The van der Waals surface area contributed by atoms with Crippen LogP contribution in [0.5, 0.6) is 0 Å². The molecule has 67 heavy (non-hydrogen) atoms. The topological polar surface area (TPSA) is 64.0 Å². The summed E-state index contributed by atoms with van der Waals surface area (Å²) in [6.07, 6.45) is 1.88. The molecular weight excluding hydrogens is 819 g/mol. The van der Waals surface area contributed by atoms with Gasteiger partial charge in [-0.25, -0.2) is 4.85 Å². The Morgan fingerprint density at radius 1 is 0.448 bits per heavy atom. The molecule has 0 bridgehead atoms. The van der Waals surface area contributed by atoms with Gasteiger partial charge in [0.05, 0.1) is 51.1 Å². The second kappa shape index (κ2) is 14.0. The molecule has 0 aliphatic heterocycles. The van der Waals surface area contributed by atoms with Crippen LogP contribution >= 0.6 is 0 Å². The molecule has 0 aliphatic carbocycles. The van der Waals surface area contributed by atoms with Crippen LogP contribution in [0.25, 0.3) is 137 Å². The molecule has 0 atom stereocenters. The van der Waals surface area contributed by atoms with Crippen LogP contribution in [-0.2, 0) is 0 Å². The van der Waals surface area contributed by atoms with E-state index >= 15 is 0 Å². The zero-order valence-electron chi connectivity index (χ0n) is 35.7. The van der Waals surface area contributed by atoms with Crippen LogP contribution in [-0.4, -0.2) is 14.1 Å². The van der Waals surface area contributed by atoms with Gasteiger partial charge in [0.25, 0.3) is 0 Å². The van der Waals surface area contributed by atoms with Crippen LogP contribution in [0.1, 0.15) is 5.56 Å². The maximum Gasteiger partial charge on any atom is 0.220 e. The van der Waals surface area contributed by atoms with Crippen LogP contribution in [0.3, 0.4) is 0 Å². The van der Waals surface area contributed by atoms with Crippen molar-refractivity contribution in [2.24, 2.45) is 0 Å². The Hall–Kier alpha value is -9.49. The highest BCUT2D eigenvalue weighted by Crippen LogP contribution is 2.54. The van der Waals surface area contributed by atoms with Crippen molar-refractivity contribution < 1.29 is 4.42 Å². The summed E-state index contributed by atoms with van der Waals surface area (Å²) in [4.78, 5) is 9.55. The molecule has 14 aromatic rings. The molecule has 0 radical (unpaired) electrons. The van der Waals surface area contributed by atoms with E-state index in [2.05, 4.69) is 147 Å². The Labute approximate surface area is 383 Å². The Morgan fingerprint density at radius 2 is 1.00 bits per heavy atom. The monoisotopic (exact) mass is 851 g/mol. The third-order valence-electron chi connectivity index (χ3n) is 13.8. The van der Waals surface area contributed by atoms with Crippen molar-refractivity contribution >= 4 is 92.9 Å². The van der Waals surface area contributed by atoms with E-state index in [0.29, 0.717) is 28.2 Å². The average molecular weight is 852 g/mol. The number of hydrogen-bond donors (Lipinski definition) is 0. The molecule has 6 nitrogen and oxygen atoms in total. The molecular formula is C61H33N5O. The van der Waals surface area contributed by atoms with Gasteiger partial charge >= 0.3 is 0 Å². The first-order valence-corrected chi connectivity index (χ1v) is 22.3. The number of aromatic nitrogens is 3. The normalized spacial score (nSPS) is 11.9. The highest BCUT2D eigenvalue weighted by atomic mass is 16.3. The lowest BCUT2D eigenvalue weighted by atomic mass is 9.88. The largest absolute Gasteiger partial charge is 0.456 e. The van der Waals surface area contributed by atoms with Crippen molar-refractivity contribution in [1.29, 1.82) is 5.26 Å². The highest BCUT2D eigenvalue weighted by molar-refractivity contribution is 6.34. The minimum absolute atomic E-state index is 0.393. The van der Waals surface area contributed by atoms with Gasteiger partial charge in [-0.15, -0.1) is 0 Å². The Bertz CT molecular complexity index is 4380. The van der Waals surface area contributed by atoms with E-state index in [9.17, 15) is 11.8 Å². The minimum Gasteiger partial charge on any atom is -0.456 e. The second-order valence-corrected chi connectivity index (χ2v) is 17.1. The molecule has 0 N–H and O–H groups in total. The molecule has 10 aromatic carbocycles. The number of fused-ring (bicyclic) bond motifs is 9. The average Bonchev–Trinajstić information content (AvgIpc) is 4.06. The smallest absolute Gasteiger partial charge is 0.220 e. The fourth-order valence-corrected chi connectivity index (χ4v) is 11.2. The lowest BCUT2D eigenvalue weighted by Gasteiger charge is -2.25. The molecule has 0 fully saturated rings. The Kier molecular flexibility index (Phi) is 7.72. The van der Waals surface area contributed by atoms with Crippen molar-refractivity contribution in [3.8, 4) is 50.8 Å². The van der Waals surface area contributed by atoms with Crippen molar-refractivity contribution in [2.75, 3.05) is 0 Å². The van der Waals surface area contributed by atoms with E-state index in [0.717, 1.165) is 115 Å². The number of nitrogens with zero attached hydrogens (tertiary/aromatic N) is 5. The van der Waals surface area contributed by atoms with E-state index in [4.69, 9.17) is 9.40 Å². The first kappa shape index (κ1) is 36.9. The molecule has 308 valence electrons. The summed E-state index contributed by atoms with van der Waals surface area (Å²) in [7, 11) is 0. The van der Waals surface area contributed by atoms with Gasteiger partial charge in [-0.2, -0.15) is 5.26 Å². The van der Waals surface area contributed by atoms with E-state index in [-0.39, 0.29) is 0 Å². The molecule has 0 unspecified atom stereocenters. The van der Waals surface area contributed by atoms with Crippen molar-refractivity contribution in [2.45, 2.75) is 0 Å². The molecule has 0 amide bonds. The molecule has 6 heteroatoms. The summed E-state index contributed by atoms with van der Waals surface area (Å²) < 4.78 is 11.0. The van der Waals surface area contributed by atoms with E-state index in [1.807, 2.05) is 72.9 Å². The molecule has 0 saturated carbocycles. The quantitative estimate of drug-likeness (QED) is 0.128. The SMILES string of the molecule is [C-]#[N+]c1c(-c2ccccc2)c(C#N)c(-n2c3ccccc3c3c(-c4cccc5oc6ccccc6c45)cccc32)c(-c2ccccc2)c1-n1c2cccc3c4ccccc4c4nccc1c4c32. The summed E-state index contributed by atoms with van der Waals surface area (Å²) in [5, 5.41) is 21.5. The van der Waals surface area contributed by atoms with E-state index in [1.165, 1.54) is 0 Å². The molecule has 0 aliphatic rings. The molecule has 0 spiro atoms. The molecule has 4 heterocycles. The lowest BCUT2D eigenvalue weighted by Crippen LogP contribution is -2.08. The fraction of sp³-hybridized carbons (Fsp3) is 0. The first-order chi connectivity index (χ1) is 33.2. The van der Waals surface area contributed by atoms with Gasteiger partial charge in [-0.3, -0.25) is 4.98 Å².